The number of fused-ring (bicyclic) bond motifs is 1. The highest BCUT2D eigenvalue weighted by Gasteiger charge is 2.02. The Labute approximate surface area is 109 Å². The van der Waals surface area contributed by atoms with E-state index in [-0.39, 0.29) is 5.56 Å². The van der Waals surface area contributed by atoms with Crippen LogP contribution >= 0.6 is 0 Å². The molecule has 0 radical (unpaired) electrons. The Bertz CT molecular complexity index is 756. The Morgan fingerprint density at radius 3 is 2.74 bits per heavy atom. The molecule has 3 rings (SSSR count). The van der Waals surface area contributed by atoms with Crippen molar-refractivity contribution >= 4 is 11.0 Å². The second kappa shape index (κ2) is 4.61. The van der Waals surface area contributed by atoms with Crippen molar-refractivity contribution in [1.82, 2.24) is 14.8 Å². The maximum atomic E-state index is 11.2. The first-order valence-electron chi connectivity index (χ1n) is 5.94. The van der Waals surface area contributed by atoms with E-state index in [1.54, 1.807) is 13.2 Å². The zero-order chi connectivity index (χ0) is 13.2. The van der Waals surface area contributed by atoms with E-state index < -0.39 is 0 Å². The average Bonchev–Trinajstić information content (AvgIpc) is 2.81. The van der Waals surface area contributed by atoms with Crippen LogP contribution in [0.15, 0.2) is 47.4 Å². The summed E-state index contributed by atoms with van der Waals surface area (Å²) in [6.07, 6.45) is 1.91. The topological polar surface area (TPSA) is 59.9 Å². The molecule has 19 heavy (non-hydrogen) atoms. The summed E-state index contributed by atoms with van der Waals surface area (Å²) < 4.78 is 6.93. The predicted octanol–water partition coefficient (Wildman–Crippen LogP) is 1.78. The number of rotatable bonds is 3. The minimum absolute atomic E-state index is 0.137. The van der Waals surface area contributed by atoms with Gasteiger partial charge < -0.3 is 9.72 Å². The fourth-order valence-corrected chi connectivity index (χ4v) is 1.98. The van der Waals surface area contributed by atoms with Gasteiger partial charge in [0, 0.05) is 17.6 Å². The van der Waals surface area contributed by atoms with Gasteiger partial charge in [-0.2, -0.15) is 5.10 Å². The molecule has 5 nitrogen and oxygen atoms in total. The first-order valence-corrected chi connectivity index (χ1v) is 5.94. The zero-order valence-electron chi connectivity index (χ0n) is 10.5. The van der Waals surface area contributed by atoms with E-state index in [0.717, 1.165) is 16.7 Å². The van der Waals surface area contributed by atoms with E-state index in [4.69, 9.17) is 4.74 Å². The van der Waals surface area contributed by atoms with Gasteiger partial charge in [0.2, 0.25) is 5.56 Å². The SMILES string of the molecule is COc1ccc(Cn2cc3ccc(=O)[nH]c3n2)cc1. The van der Waals surface area contributed by atoms with Crippen LogP contribution in [-0.4, -0.2) is 21.9 Å². The van der Waals surface area contributed by atoms with Crippen LogP contribution in [0.4, 0.5) is 0 Å². The molecule has 0 atom stereocenters. The number of benzene rings is 1. The molecule has 0 saturated carbocycles. The molecule has 3 aromatic rings. The maximum absolute atomic E-state index is 11.2. The molecule has 0 amide bonds. The van der Waals surface area contributed by atoms with E-state index >= 15 is 0 Å². The molecule has 1 aromatic carbocycles. The fraction of sp³-hybridized carbons (Fsp3) is 0.143. The van der Waals surface area contributed by atoms with Crippen LogP contribution in [-0.2, 0) is 6.54 Å². The Balaban J connectivity index is 1.89. The van der Waals surface area contributed by atoms with Gasteiger partial charge in [-0.1, -0.05) is 12.1 Å². The van der Waals surface area contributed by atoms with Crippen molar-refractivity contribution in [2.75, 3.05) is 7.11 Å². The lowest BCUT2D eigenvalue weighted by Crippen LogP contribution is -2.03. The summed E-state index contributed by atoms with van der Waals surface area (Å²) in [5, 5.41) is 5.27. The molecule has 0 fully saturated rings. The predicted molar refractivity (Wildman–Crippen MR) is 72.4 cm³/mol. The second-order valence-electron chi connectivity index (χ2n) is 4.30. The van der Waals surface area contributed by atoms with Crippen LogP contribution in [0.1, 0.15) is 5.56 Å². The summed E-state index contributed by atoms with van der Waals surface area (Å²) >= 11 is 0. The van der Waals surface area contributed by atoms with Gasteiger partial charge in [0.15, 0.2) is 5.65 Å². The van der Waals surface area contributed by atoms with Crippen LogP contribution in [0.2, 0.25) is 0 Å². The number of hydrogen-bond donors (Lipinski definition) is 1. The minimum atomic E-state index is -0.137. The number of aromatic nitrogens is 3. The standard InChI is InChI=1S/C14H13N3O2/c1-19-12-5-2-10(3-6-12)8-17-9-11-4-7-13(18)15-14(11)16-17/h2-7,9H,8H2,1H3,(H,15,16,18). The first-order chi connectivity index (χ1) is 9.24. The highest BCUT2D eigenvalue weighted by molar-refractivity contribution is 5.73. The van der Waals surface area contributed by atoms with E-state index in [1.165, 1.54) is 6.07 Å². The number of H-pyrrole nitrogens is 1. The van der Waals surface area contributed by atoms with Crippen molar-refractivity contribution in [2.24, 2.45) is 0 Å². The lowest BCUT2D eigenvalue weighted by Gasteiger charge is -2.03. The van der Waals surface area contributed by atoms with Crippen molar-refractivity contribution in [3.8, 4) is 5.75 Å². The maximum Gasteiger partial charge on any atom is 0.249 e. The lowest BCUT2D eigenvalue weighted by atomic mass is 10.2. The van der Waals surface area contributed by atoms with Crippen LogP contribution in [0.3, 0.4) is 0 Å². The second-order valence-corrected chi connectivity index (χ2v) is 4.30. The number of ether oxygens (including phenoxy) is 1. The summed E-state index contributed by atoms with van der Waals surface area (Å²) in [6.45, 7) is 0.653. The van der Waals surface area contributed by atoms with Gasteiger partial charge >= 0.3 is 0 Å². The third kappa shape index (κ3) is 2.35. The van der Waals surface area contributed by atoms with Gasteiger partial charge in [-0.05, 0) is 23.8 Å². The molecule has 0 aliphatic rings. The largest absolute Gasteiger partial charge is 0.497 e. The highest BCUT2D eigenvalue weighted by Crippen LogP contribution is 2.13. The summed E-state index contributed by atoms with van der Waals surface area (Å²) in [4.78, 5) is 13.9. The van der Waals surface area contributed by atoms with Crippen LogP contribution in [0.25, 0.3) is 11.0 Å². The van der Waals surface area contributed by atoms with E-state index in [1.807, 2.05) is 35.1 Å². The number of pyridine rings is 1. The molecular formula is C14H13N3O2. The molecule has 5 heteroatoms. The van der Waals surface area contributed by atoms with Crippen molar-refractivity contribution in [1.29, 1.82) is 0 Å². The normalized spacial score (nSPS) is 10.8. The molecule has 1 N–H and O–H groups in total. The molecular weight excluding hydrogens is 242 g/mol. The van der Waals surface area contributed by atoms with Crippen molar-refractivity contribution < 1.29 is 4.74 Å². The quantitative estimate of drug-likeness (QED) is 0.776. The summed E-state index contributed by atoms with van der Waals surface area (Å²) in [5.74, 6) is 0.832. The molecule has 0 bridgehead atoms. The summed E-state index contributed by atoms with van der Waals surface area (Å²) in [6, 6.07) is 11.1. The smallest absolute Gasteiger partial charge is 0.249 e. The number of hydrogen-bond acceptors (Lipinski definition) is 3. The molecule has 0 saturated heterocycles. The first kappa shape index (κ1) is 11.5. The molecule has 0 aliphatic carbocycles. The zero-order valence-corrected chi connectivity index (χ0v) is 10.5. The number of methoxy groups -OCH3 is 1. The van der Waals surface area contributed by atoms with Crippen molar-refractivity contribution in [3.63, 3.8) is 0 Å². The van der Waals surface area contributed by atoms with Gasteiger partial charge in [0.25, 0.3) is 0 Å². The van der Waals surface area contributed by atoms with E-state index in [0.29, 0.717) is 12.2 Å². The molecule has 0 spiro atoms. The average molecular weight is 255 g/mol. The Kier molecular flexibility index (Phi) is 2.79. The van der Waals surface area contributed by atoms with Crippen LogP contribution < -0.4 is 10.3 Å². The highest BCUT2D eigenvalue weighted by atomic mass is 16.5. The van der Waals surface area contributed by atoms with Gasteiger partial charge in [-0.3, -0.25) is 9.48 Å². The Morgan fingerprint density at radius 1 is 1.21 bits per heavy atom. The van der Waals surface area contributed by atoms with Gasteiger partial charge in [-0.25, -0.2) is 0 Å². The van der Waals surface area contributed by atoms with Gasteiger partial charge in [0.05, 0.1) is 13.7 Å². The number of nitrogens with one attached hydrogen (secondary N) is 1. The van der Waals surface area contributed by atoms with Gasteiger partial charge in [-0.15, -0.1) is 0 Å². The van der Waals surface area contributed by atoms with Crippen LogP contribution in [0.5, 0.6) is 5.75 Å². The number of nitrogens with zero attached hydrogens (tertiary/aromatic N) is 2. The molecule has 2 aromatic heterocycles. The third-order valence-electron chi connectivity index (χ3n) is 2.95. The molecule has 96 valence electrons. The Morgan fingerprint density at radius 2 is 2.00 bits per heavy atom. The van der Waals surface area contributed by atoms with Crippen LogP contribution in [0, 0.1) is 0 Å². The summed E-state index contributed by atoms with van der Waals surface area (Å²) in [7, 11) is 1.64. The molecule has 0 unspecified atom stereocenters. The Hall–Kier alpha value is -2.56. The lowest BCUT2D eigenvalue weighted by molar-refractivity contribution is 0.414. The minimum Gasteiger partial charge on any atom is -0.497 e. The van der Waals surface area contributed by atoms with Crippen molar-refractivity contribution in [3.05, 3.63) is 58.5 Å². The number of aromatic amines is 1. The fourth-order valence-electron chi connectivity index (χ4n) is 1.98. The van der Waals surface area contributed by atoms with Crippen molar-refractivity contribution in [2.45, 2.75) is 6.54 Å². The summed E-state index contributed by atoms with van der Waals surface area (Å²) in [5.41, 5.74) is 1.60. The van der Waals surface area contributed by atoms with Gasteiger partial charge in [0.1, 0.15) is 5.75 Å². The van der Waals surface area contributed by atoms with E-state index in [2.05, 4.69) is 10.1 Å². The third-order valence-corrected chi connectivity index (χ3v) is 2.95. The monoisotopic (exact) mass is 255 g/mol. The van der Waals surface area contributed by atoms with E-state index in [9.17, 15) is 4.79 Å². The molecule has 2 heterocycles. The molecule has 0 aliphatic heterocycles.